The summed E-state index contributed by atoms with van der Waals surface area (Å²) in [5.74, 6) is -0.533. The Morgan fingerprint density at radius 1 is 1.43 bits per heavy atom. The van der Waals surface area contributed by atoms with Crippen LogP contribution >= 0.6 is 0 Å². The number of Topliss-reactive ketones (excluding diaryl/α,β-unsaturated/α-hetero) is 1. The van der Waals surface area contributed by atoms with E-state index in [0.29, 0.717) is 19.5 Å². The van der Waals surface area contributed by atoms with Gasteiger partial charge in [0.2, 0.25) is 0 Å². The number of likely N-dealkylation sites (tertiary alicyclic amines) is 1. The molecule has 1 aliphatic carbocycles. The van der Waals surface area contributed by atoms with Gasteiger partial charge in [-0.25, -0.2) is 4.79 Å². The zero-order valence-corrected chi connectivity index (χ0v) is 13.5. The van der Waals surface area contributed by atoms with Crippen molar-refractivity contribution >= 4 is 11.9 Å². The Bertz CT molecular complexity index is 513. The van der Waals surface area contributed by atoms with Crippen molar-refractivity contribution in [2.24, 2.45) is 16.7 Å². The van der Waals surface area contributed by atoms with Crippen LogP contribution in [0.2, 0.25) is 0 Å². The van der Waals surface area contributed by atoms with Crippen LogP contribution in [-0.4, -0.2) is 35.5 Å². The number of rotatable bonds is 0. The van der Waals surface area contributed by atoms with Gasteiger partial charge in [-0.05, 0) is 33.6 Å². The second-order valence-electron chi connectivity index (χ2n) is 7.81. The minimum absolute atomic E-state index is 0.0102. The van der Waals surface area contributed by atoms with E-state index in [-0.39, 0.29) is 17.3 Å². The van der Waals surface area contributed by atoms with Gasteiger partial charge in [0, 0.05) is 23.9 Å². The summed E-state index contributed by atoms with van der Waals surface area (Å²) in [6.07, 6.45) is 0.973. The van der Waals surface area contributed by atoms with Gasteiger partial charge in [0.15, 0.2) is 5.78 Å². The summed E-state index contributed by atoms with van der Waals surface area (Å²) < 4.78 is 5.41. The van der Waals surface area contributed by atoms with Gasteiger partial charge in [0.1, 0.15) is 11.5 Å². The fourth-order valence-electron chi connectivity index (χ4n) is 3.57. The predicted octanol–water partition coefficient (Wildman–Crippen LogP) is 2.75. The number of nitriles is 1. The molecule has 1 heterocycles. The lowest BCUT2D eigenvalue weighted by Crippen LogP contribution is -2.41. The summed E-state index contributed by atoms with van der Waals surface area (Å²) in [6, 6.07) is 2.12. The van der Waals surface area contributed by atoms with Gasteiger partial charge in [-0.1, -0.05) is 13.8 Å². The van der Waals surface area contributed by atoms with Gasteiger partial charge >= 0.3 is 6.09 Å². The number of hydrogen-bond acceptors (Lipinski definition) is 4. The van der Waals surface area contributed by atoms with E-state index in [1.54, 1.807) is 4.90 Å². The third-order valence-corrected chi connectivity index (χ3v) is 5.01. The quantitative estimate of drug-likeness (QED) is 0.688. The maximum atomic E-state index is 12.4. The van der Waals surface area contributed by atoms with E-state index < -0.39 is 16.9 Å². The number of nitrogens with zero attached hydrogens (tertiary/aromatic N) is 2. The molecule has 1 saturated carbocycles. The molecule has 0 bridgehead atoms. The highest BCUT2D eigenvalue weighted by molar-refractivity contribution is 5.92. The van der Waals surface area contributed by atoms with Gasteiger partial charge in [-0.2, -0.15) is 5.26 Å². The number of amides is 1. The highest BCUT2D eigenvalue weighted by Gasteiger charge is 2.61. The van der Waals surface area contributed by atoms with Crippen LogP contribution in [0.15, 0.2) is 0 Å². The summed E-state index contributed by atoms with van der Waals surface area (Å²) in [6.45, 7) is 10.4. The van der Waals surface area contributed by atoms with E-state index in [1.807, 2.05) is 34.6 Å². The molecule has 0 aromatic rings. The standard InChI is InChI=1S/C16H24N2O3/c1-14(2,3)21-13(20)18-7-6-16(10-18)8-11(9-17)12(19)15(16,4)5/h11H,6-8,10H2,1-5H3. The maximum absolute atomic E-state index is 12.4. The fraction of sp³-hybridized carbons (Fsp3) is 0.812. The van der Waals surface area contributed by atoms with Gasteiger partial charge < -0.3 is 9.64 Å². The minimum atomic E-state index is -0.565. The zero-order chi connectivity index (χ0) is 16.1. The molecule has 0 aromatic carbocycles. The van der Waals surface area contributed by atoms with Gasteiger partial charge in [-0.15, -0.1) is 0 Å². The number of ether oxygens (including phenoxy) is 1. The molecule has 2 unspecified atom stereocenters. The molecule has 1 spiro atoms. The predicted molar refractivity (Wildman–Crippen MR) is 77.4 cm³/mol. The van der Waals surface area contributed by atoms with Crippen LogP contribution in [0.3, 0.4) is 0 Å². The van der Waals surface area contributed by atoms with Crippen molar-refractivity contribution in [3.05, 3.63) is 0 Å². The average Bonchev–Trinajstić information content (AvgIpc) is 2.85. The lowest BCUT2D eigenvalue weighted by molar-refractivity contribution is -0.129. The van der Waals surface area contributed by atoms with E-state index in [9.17, 15) is 9.59 Å². The molecule has 1 aliphatic heterocycles. The first kappa shape index (κ1) is 15.8. The second-order valence-corrected chi connectivity index (χ2v) is 7.81. The van der Waals surface area contributed by atoms with Crippen molar-refractivity contribution < 1.29 is 14.3 Å². The molecule has 1 amide bonds. The monoisotopic (exact) mass is 292 g/mol. The van der Waals surface area contributed by atoms with Crippen LogP contribution in [0, 0.1) is 28.1 Å². The molecule has 1 saturated heterocycles. The maximum Gasteiger partial charge on any atom is 0.410 e. The first-order valence-electron chi connectivity index (χ1n) is 7.44. The highest BCUT2D eigenvalue weighted by Crippen LogP contribution is 2.57. The molecule has 21 heavy (non-hydrogen) atoms. The lowest BCUT2D eigenvalue weighted by atomic mass is 9.67. The molecule has 0 aromatic heterocycles. The first-order valence-corrected chi connectivity index (χ1v) is 7.44. The van der Waals surface area contributed by atoms with Crippen LogP contribution in [0.25, 0.3) is 0 Å². The second kappa shape index (κ2) is 4.72. The molecule has 2 rings (SSSR count). The van der Waals surface area contributed by atoms with Crippen LogP contribution in [0.5, 0.6) is 0 Å². The van der Waals surface area contributed by atoms with Crippen LogP contribution < -0.4 is 0 Å². The normalized spacial score (nSPS) is 31.5. The summed E-state index contributed by atoms with van der Waals surface area (Å²) in [7, 11) is 0. The van der Waals surface area contributed by atoms with E-state index in [2.05, 4.69) is 6.07 Å². The Balaban J connectivity index is 2.17. The van der Waals surface area contributed by atoms with Crippen molar-refractivity contribution in [3.63, 3.8) is 0 Å². The summed E-state index contributed by atoms with van der Waals surface area (Å²) >= 11 is 0. The molecule has 2 atom stereocenters. The SMILES string of the molecule is CC(C)(C)OC(=O)N1CCC2(CC(C#N)C(=O)C2(C)C)C1. The summed E-state index contributed by atoms with van der Waals surface area (Å²) in [5.41, 5.74) is -1.38. The van der Waals surface area contributed by atoms with Crippen molar-refractivity contribution in [2.75, 3.05) is 13.1 Å². The molecule has 2 aliphatic rings. The van der Waals surface area contributed by atoms with Crippen LogP contribution in [0.4, 0.5) is 4.79 Å². The van der Waals surface area contributed by atoms with Crippen LogP contribution in [0.1, 0.15) is 47.5 Å². The number of carbonyl (C=O) groups excluding carboxylic acids is 2. The molecular weight excluding hydrogens is 268 g/mol. The Kier molecular flexibility index (Phi) is 3.56. The smallest absolute Gasteiger partial charge is 0.410 e. The summed E-state index contributed by atoms with van der Waals surface area (Å²) in [4.78, 5) is 26.2. The van der Waals surface area contributed by atoms with Crippen molar-refractivity contribution in [2.45, 2.75) is 53.1 Å². The Hall–Kier alpha value is -1.57. The highest BCUT2D eigenvalue weighted by atomic mass is 16.6. The van der Waals surface area contributed by atoms with E-state index in [0.717, 1.165) is 6.42 Å². The largest absolute Gasteiger partial charge is 0.444 e. The molecule has 5 heteroatoms. The number of ketones is 1. The molecule has 5 nitrogen and oxygen atoms in total. The molecular formula is C16H24N2O3. The fourth-order valence-corrected chi connectivity index (χ4v) is 3.57. The molecule has 0 radical (unpaired) electrons. The molecule has 2 fully saturated rings. The topological polar surface area (TPSA) is 70.4 Å². The lowest BCUT2D eigenvalue weighted by Gasteiger charge is -2.36. The summed E-state index contributed by atoms with van der Waals surface area (Å²) in [5, 5.41) is 9.16. The Morgan fingerprint density at radius 3 is 2.52 bits per heavy atom. The molecule has 0 N–H and O–H groups in total. The van der Waals surface area contributed by atoms with Crippen molar-refractivity contribution in [1.29, 1.82) is 5.26 Å². The Morgan fingerprint density at radius 2 is 2.05 bits per heavy atom. The van der Waals surface area contributed by atoms with E-state index >= 15 is 0 Å². The van der Waals surface area contributed by atoms with Gasteiger partial charge in [0.25, 0.3) is 0 Å². The Labute approximate surface area is 126 Å². The van der Waals surface area contributed by atoms with Crippen molar-refractivity contribution in [1.82, 2.24) is 4.90 Å². The number of hydrogen-bond donors (Lipinski definition) is 0. The van der Waals surface area contributed by atoms with E-state index in [1.165, 1.54) is 0 Å². The zero-order valence-electron chi connectivity index (χ0n) is 13.5. The third kappa shape index (κ3) is 2.52. The molecule has 116 valence electrons. The van der Waals surface area contributed by atoms with Gasteiger partial charge in [-0.3, -0.25) is 4.79 Å². The average molecular weight is 292 g/mol. The van der Waals surface area contributed by atoms with E-state index in [4.69, 9.17) is 10.00 Å². The minimum Gasteiger partial charge on any atom is -0.444 e. The van der Waals surface area contributed by atoms with Gasteiger partial charge in [0.05, 0.1) is 6.07 Å². The van der Waals surface area contributed by atoms with Crippen LogP contribution in [-0.2, 0) is 9.53 Å². The first-order chi connectivity index (χ1) is 9.52. The van der Waals surface area contributed by atoms with Crippen molar-refractivity contribution in [3.8, 4) is 6.07 Å². The third-order valence-electron chi connectivity index (χ3n) is 5.01. The number of carbonyl (C=O) groups is 2.